The highest BCUT2D eigenvalue weighted by Gasteiger charge is 2.00. The number of hydrogen-bond donors (Lipinski definition) is 0. The molecule has 0 aromatic rings. The molecule has 0 atom stereocenters. The summed E-state index contributed by atoms with van der Waals surface area (Å²) in [6.45, 7) is 3.87. The largest absolute Gasteiger partial charge is 0.372 e. The fraction of sp³-hybridized carbons (Fsp3) is 0.769. The summed E-state index contributed by atoms with van der Waals surface area (Å²) in [5.41, 5.74) is 0. The fourth-order valence-electron chi connectivity index (χ4n) is 1.39. The molecule has 0 aromatic heterocycles. The van der Waals surface area contributed by atoms with Gasteiger partial charge in [0.05, 0.1) is 0 Å². The summed E-state index contributed by atoms with van der Waals surface area (Å²) in [7, 11) is 0. The molecule has 0 heterocycles. The molecule has 86 valence electrons. The van der Waals surface area contributed by atoms with Crippen LogP contribution in [0.15, 0.2) is 0 Å². The molecule has 0 spiro atoms. The SMILES string of the molecule is CC#COC(=O)CCCCCCCCC. The molecule has 0 fully saturated rings. The summed E-state index contributed by atoms with van der Waals surface area (Å²) in [4.78, 5) is 11.0. The molecule has 0 radical (unpaired) electrons. The Hall–Kier alpha value is -0.970. The summed E-state index contributed by atoms with van der Waals surface area (Å²) in [6.07, 6.45) is 11.3. The number of carbonyl (C=O) groups is 1. The quantitative estimate of drug-likeness (QED) is 0.347. The molecule has 0 rings (SSSR count). The molecule has 0 bridgehead atoms. The molecule has 0 aliphatic rings. The molecule has 0 aliphatic carbocycles. The van der Waals surface area contributed by atoms with E-state index < -0.39 is 0 Å². The van der Waals surface area contributed by atoms with Crippen molar-refractivity contribution < 1.29 is 9.53 Å². The van der Waals surface area contributed by atoms with Gasteiger partial charge in [-0.1, -0.05) is 51.4 Å². The summed E-state index contributed by atoms with van der Waals surface area (Å²) in [5.74, 6) is 2.33. The minimum Gasteiger partial charge on any atom is -0.372 e. The number of carbonyl (C=O) groups excluding carboxylic acids is 1. The molecule has 0 saturated carbocycles. The maximum absolute atomic E-state index is 11.0. The number of hydrogen-bond acceptors (Lipinski definition) is 2. The van der Waals surface area contributed by atoms with Crippen molar-refractivity contribution in [3.63, 3.8) is 0 Å². The summed E-state index contributed by atoms with van der Waals surface area (Å²) in [6, 6.07) is 0. The molecule has 0 saturated heterocycles. The van der Waals surface area contributed by atoms with Gasteiger partial charge in [-0.15, -0.1) is 0 Å². The highest BCUT2D eigenvalue weighted by atomic mass is 16.5. The normalized spacial score (nSPS) is 9.20. The molecule has 2 nitrogen and oxygen atoms in total. The summed E-state index contributed by atoms with van der Waals surface area (Å²) in [5, 5.41) is 0. The second kappa shape index (κ2) is 11.1. The van der Waals surface area contributed by atoms with E-state index in [1.165, 1.54) is 32.1 Å². The summed E-state index contributed by atoms with van der Waals surface area (Å²) < 4.78 is 4.64. The molecule has 0 aromatic carbocycles. The molecule has 0 aliphatic heterocycles. The first kappa shape index (κ1) is 14.0. The first-order valence-electron chi connectivity index (χ1n) is 5.92. The third kappa shape index (κ3) is 11.0. The maximum atomic E-state index is 11.0. The van der Waals surface area contributed by atoms with Crippen LogP contribution in [0.25, 0.3) is 0 Å². The Bertz CT molecular complexity index is 210. The molecule has 0 amide bonds. The Morgan fingerprint density at radius 1 is 1.07 bits per heavy atom. The van der Waals surface area contributed by atoms with E-state index in [0.29, 0.717) is 6.42 Å². The van der Waals surface area contributed by atoms with Crippen molar-refractivity contribution in [2.45, 2.75) is 65.2 Å². The molecule has 15 heavy (non-hydrogen) atoms. The Morgan fingerprint density at radius 3 is 2.27 bits per heavy atom. The van der Waals surface area contributed by atoms with Crippen molar-refractivity contribution >= 4 is 5.97 Å². The van der Waals surface area contributed by atoms with Crippen molar-refractivity contribution in [3.8, 4) is 12.0 Å². The van der Waals surface area contributed by atoms with Gasteiger partial charge in [0, 0.05) is 13.3 Å². The smallest absolute Gasteiger partial charge is 0.319 e. The van der Waals surface area contributed by atoms with Crippen LogP contribution in [0, 0.1) is 12.0 Å². The van der Waals surface area contributed by atoms with Gasteiger partial charge in [0.1, 0.15) is 6.11 Å². The van der Waals surface area contributed by atoms with E-state index >= 15 is 0 Å². The standard InChI is InChI=1S/C13H22O2/c1-3-5-6-7-8-9-10-11-13(14)15-12-4-2/h3,5-11H2,1-2H3. The molecular weight excluding hydrogens is 188 g/mol. The van der Waals surface area contributed by atoms with Crippen molar-refractivity contribution in [2.75, 3.05) is 0 Å². The molecular formula is C13H22O2. The third-order valence-electron chi connectivity index (χ3n) is 2.25. The lowest BCUT2D eigenvalue weighted by atomic mass is 10.1. The van der Waals surface area contributed by atoms with Gasteiger partial charge < -0.3 is 4.74 Å². The van der Waals surface area contributed by atoms with Gasteiger partial charge in [0.25, 0.3) is 0 Å². The van der Waals surface area contributed by atoms with E-state index in [9.17, 15) is 4.79 Å². The van der Waals surface area contributed by atoms with Crippen molar-refractivity contribution in [3.05, 3.63) is 0 Å². The van der Waals surface area contributed by atoms with E-state index in [4.69, 9.17) is 0 Å². The number of ether oxygens (including phenoxy) is 1. The second-order valence-electron chi connectivity index (χ2n) is 3.70. The fourth-order valence-corrected chi connectivity index (χ4v) is 1.39. The van der Waals surface area contributed by atoms with Crippen LogP contribution >= 0.6 is 0 Å². The lowest BCUT2D eigenvalue weighted by Gasteiger charge is -1.99. The van der Waals surface area contributed by atoms with Gasteiger partial charge >= 0.3 is 5.97 Å². The maximum Gasteiger partial charge on any atom is 0.319 e. The summed E-state index contributed by atoms with van der Waals surface area (Å²) >= 11 is 0. The van der Waals surface area contributed by atoms with Crippen LogP contribution in [0.2, 0.25) is 0 Å². The van der Waals surface area contributed by atoms with Gasteiger partial charge in [-0.25, -0.2) is 0 Å². The predicted octanol–water partition coefficient (Wildman–Crippen LogP) is 3.65. The first-order valence-corrected chi connectivity index (χ1v) is 5.92. The number of rotatable bonds is 8. The van der Waals surface area contributed by atoms with Crippen LogP contribution in [0.1, 0.15) is 65.2 Å². The van der Waals surface area contributed by atoms with Crippen molar-refractivity contribution in [1.82, 2.24) is 0 Å². The van der Waals surface area contributed by atoms with Gasteiger partial charge in [-0.2, -0.15) is 0 Å². The Kier molecular flexibility index (Phi) is 10.4. The van der Waals surface area contributed by atoms with Crippen LogP contribution in [0.3, 0.4) is 0 Å². The van der Waals surface area contributed by atoms with Gasteiger partial charge in [-0.05, 0) is 6.42 Å². The lowest BCUT2D eigenvalue weighted by Crippen LogP contribution is -1.99. The van der Waals surface area contributed by atoms with E-state index in [1.807, 2.05) is 0 Å². The highest BCUT2D eigenvalue weighted by Crippen LogP contribution is 2.08. The Balaban J connectivity index is 3.15. The Labute approximate surface area is 93.4 Å². The van der Waals surface area contributed by atoms with Crippen LogP contribution in [-0.2, 0) is 9.53 Å². The second-order valence-corrected chi connectivity index (χ2v) is 3.70. The predicted molar refractivity (Wildman–Crippen MR) is 62.2 cm³/mol. The highest BCUT2D eigenvalue weighted by molar-refractivity contribution is 5.70. The van der Waals surface area contributed by atoms with Gasteiger partial charge in [0.2, 0.25) is 0 Å². The van der Waals surface area contributed by atoms with E-state index in [-0.39, 0.29) is 5.97 Å². The van der Waals surface area contributed by atoms with Crippen LogP contribution < -0.4 is 0 Å². The number of unbranched alkanes of at least 4 members (excludes halogenated alkanes) is 6. The molecule has 2 heteroatoms. The monoisotopic (exact) mass is 210 g/mol. The van der Waals surface area contributed by atoms with E-state index in [2.05, 4.69) is 23.7 Å². The zero-order valence-electron chi connectivity index (χ0n) is 9.97. The third-order valence-corrected chi connectivity index (χ3v) is 2.25. The van der Waals surface area contributed by atoms with Crippen LogP contribution in [-0.4, -0.2) is 5.97 Å². The topological polar surface area (TPSA) is 26.3 Å². The average Bonchev–Trinajstić information content (AvgIpc) is 2.25. The van der Waals surface area contributed by atoms with E-state index in [0.717, 1.165) is 12.8 Å². The van der Waals surface area contributed by atoms with Crippen molar-refractivity contribution in [1.29, 1.82) is 0 Å². The first-order chi connectivity index (χ1) is 7.31. The average molecular weight is 210 g/mol. The number of esters is 1. The lowest BCUT2D eigenvalue weighted by molar-refractivity contribution is -0.136. The van der Waals surface area contributed by atoms with Crippen LogP contribution in [0.4, 0.5) is 0 Å². The molecule has 0 unspecified atom stereocenters. The Morgan fingerprint density at radius 2 is 1.67 bits per heavy atom. The minimum absolute atomic E-state index is 0.196. The van der Waals surface area contributed by atoms with Gasteiger partial charge in [-0.3, -0.25) is 4.79 Å². The van der Waals surface area contributed by atoms with Crippen molar-refractivity contribution in [2.24, 2.45) is 0 Å². The molecule has 0 N–H and O–H groups in total. The zero-order chi connectivity index (χ0) is 11.4. The zero-order valence-corrected chi connectivity index (χ0v) is 9.97. The minimum atomic E-state index is -0.196. The van der Waals surface area contributed by atoms with Gasteiger partial charge in [0.15, 0.2) is 0 Å². The van der Waals surface area contributed by atoms with Crippen LogP contribution in [0.5, 0.6) is 0 Å². The van der Waals surface area contributed by atoms with E-state index in [1.54, 1.807) is 6.92 Å².